The Kier molecular flexibility index (Phi) is 55.0. The lowest BCUT2D eigenvalue weighted by atomic mass is 10.4. The van der Waals surface area contributed by atoms with Crippen molar-refractivity contribution in [2.45, 2.75) is 26.7 Å². The fraction of sp³-hybridized carbons (Fsp3) is 1.00. The average molecular weight is 89.0 g/mol. The summed E-state index contributed by atoms with van der Waals surface area (Å²) in [5, 5.41) is 0. The van der Waals surface area contributed by atoms with Crippen LogP contribution in [0.25, 0.3) is 0 Å². The van der Waals surface area contributed by atoms with E-state index in [-0.39, 0.29) is 14.6 Å². The summed E-state index contributed by atoms with van der Waals surface area (Å²) in [5.41, 5.74) is 0. The molecule has 0 rings (SSSR count). The van der Waals surface area contributed by atoms with Crippen LogP contribution < -0.4 is 6.15 Å². The molecule has 6 heavy (non-hydrogen) atoms. The highest BCUT2D eigenvalue weighted by atomic mass is 14.0. The van der Waals surface area contributed by atoms with Crippen LogP contribution in [-0.2, 0) is 0 Å². The molecule has 0 aliphatic rings. The summed E-state index contributed by atoms with van der Waals surface area (Å²) in [6.45, 7) is 4.36. The summed E-state index contributed by atoms with van der Waals surface area (Å²) in [5.74, 6) is 0. The Labute approximate surface area is 42.3 Å². The quantitative estimate of drug-likeness (QED) is 0.473. The summed E-state index contributed by atoms with van der Waals surface area (Å²) >= 11 is 0. The number of hydrogen-bond acceptors (Lipinski definition) is 1. The Morgan fingerprint density at radius 2 is 1.17 bits per heavy atom. The lowest BCUT2D eigenvalue weighted by Crippen LogP contribution is -1.47. The second-order valence-corrected chi connectivity index (χ2v) is 1.000. The maximum absolute atomic E-state index is 2.18. The van der Waals surface area contributed by atoms with Crippen molar-refractivity contribution in [3.63, 3.8) is 0 Å². The molecule has 0 aromatic heterocycles. The summed E-state index contributed by atoms with van der Waals surface area (Å²) in [6, 6.07) is 0. The van der Waals surface area contributed by atoms with Crippen molar-refractivity contribution in [3.05, 3.63) is 0 Å². The molecule has 0 heterocycles. The molecule has 3 N–H and O–H groups in total. The zero-order valence-corrected chi connectivity index (χ0v) is 4.12. The van der Waals surface area contributed by atoms with Gasteiger partial charge in [0, 0.05) is 0 Å². The van der Waals surface area contributed by atoms with E-state index < -0.39 is 0 Å². The second-order valence-electron chi connectivity index (χ2n) is 1.000. The standard InChI is InChI=1S/C4H10.BH3.H3N/c1-3-4-2;;/h3-4H2,1-2H3;2*1H3. The van der Waals surface area contributed by atoms with E-state index in [0.29, 0.717) is 0 Å². The van der Waals surface area contributed by atoms with Gasteiger partial charge in [0.15, 0.2) is 0 Å². The molecule has 0 spiro atoms. The number of unbranched alkanes of at least 4 members (excludes halogenated alkanes) is 1. The van der Waals surface area contributed by atoms with Gasteiger partial charge in [-0.3, -0.25) is 0 Å². The predicted octanol–water partition coefficient (Wildman–Crippen LogP) is 0.784. The topological polar surface area (TPSA) is 35.0 Å². The first kappa shape index (κ1) is 16.6. The average Bonchev–Trinajstić information content (AvgIpc) is 1.37. The molecule has 0 saturated carbocycles. The summed E-state index contributed by atoms with van der Waals surface area (Å²) in [4.78, 5) is 0. The Bertz CT molecular complexity index is 9.51. The van der Waals surface area contributed by atoms with E-state index in [1.54, 1.807) is 0 Å². The molecule has 0 aliphatic heterocycles. The van der Waals surface area contributed by atoms with Crippen molar-refractivity contribution in [2.24, 2.45) is 0 Å². The largest absolute Gasteiger partial charge is 0.344 e. The minimum absolute atomic E-state index is 0. The van der Waals surface area contributed by atoms with Gasteiger partial charge < -0.3 is 6.15 Å². The molecule has 0 fully saturated rings. The van der Waals surface area contributed by atoms with Crippen molar-refractivity contribution in [1.29, 1.82) is 0 Å². The molecule has 0 saturated heterocycles. The Morgan fingerprint density at radius 3 is 1.17 bits per heavy atom. The molecule has 0 aliphatic carbocycles. The molecule has 2 heteroatoms. The molecule has 0 aromatic rings. The smallest absolute Gasteiger partial charge is 0.0814 e. The van der Waals surface area contributed by atoms with Gasteiger partial charge in [0.1, 0.15) is 0 Å². The normalized spacial score (nSPS) is 5.00. The third-order valence-electron chi connectivity index (χ3n) is 0.500. The van der Waals surface area contributed by atoms with E-state index in [0.717, 1.165) is 0 Å². The van der Waals surface area contributed by atoms with Gasteiger partial charge in [0.05, 0.1) is 8.41 Å². The van der Waals surface area contributed by atoms with Gasteiger partial charge in [-0.25, -0.2) is 0 Å². The Hall–Kier alpha value is 0.0249. The molecule has 0 atom stereocenters. The number of rotatable bonds is 1. The summed E-state index contributed by atoms with van der Waals surface area (Å²) in [7, 11) is 0. The van der Waals surface area contributed by atoms with E-state index in [1.807, 2.05) is 0 Å². The SMILES string of the molecule is B.CCCC.N. The van der Waals surface area contributed by atoms with Crippen molar-refractivity contribution in [3.8, 4) is 0 Å². The third kappa shape index (κ3) is 35.1. The van der Waals surface area contributed by atoms with Gasteiger partial charge in [0.25, 0.3) is 0 Å². The first-order chi connectivity index (χ1) is 1.91. The van der Waals surface area contributed by atoms with Gasteiger partial charge in [-0.1, -0.05) is 26.7 Å². The van der Waals surface area contributed by atoms with E-state index in [4.69, 9.17) is 0 Å². The lowest BCUT2D eigenvalue weighted by Gasteiger charge is -1.68. The van der Waals surface area contributed by atoms with Crippen molar-refractivity contribution in [2.75, 3.05) is 0 Å². The maximum atomic E-state index is 2.18. The van der Waals surface area contributed by atoms with E-state index in [1.165, 1.54) is 12.8 Å². The van der Waals surface area contributed by atoms with Gasteiger partial charge in [-0.05, 0) is 0 Å². The fourth-order valence-corrected chi connectivity index (χ4v) is 0. The molecular formula is C4H16BN. The molecule has 0 aromatic carbocycles. The van der Waals surface area contributed by atoms with Crippen LogP contribution in [0.1, 0.15) is 26.7 Å². The Balaban J connectivity index is -0.0000000450. The monoisotopic (exact) mass is 89.1 g/mol. The molecule has 0 radical (unpaired) electrons. The van der Waals surface area contributed by atoms with Crippen molar-refractivity contribution >= 4 is 8.41 Å². The van der Waals surface area contributed by atoms with Crippen LogP contribution in [0, 0.1) is 0 Å². The van der Waals surface area contributed by atoms with Crippen molar-refractivity contribution < 1.29 is 0 Å². The summed E-state index contributed by atoms with van der Waals surface area (Å²) < 4.78 is 0. The highest BCUT2D eigenvalue weighted by Crippen LogP contribution is 1.76. The lowest BCUT2D eigenvalue weighted by molar-refractivity contribution is 0.886. The second kappa shape index (κ2) is 19.9. The molecule has 0 bridgehead atoms. The van der Waals surface area contributed by atoms with Crippen molar-refractivity contribution in [1.82, 2.24) is 6.15 Å². The molecule has 0 unspecified atom stereocenters. The van der Waals surface area contributed by atoms with Crippen LogP contribution in [0.4, 0.5) is 0 Å². The zero-order valence-electron chi connectivity index (χ0n) is 4.12. The van der Waals surface area contributed by atoms with E-state index in [2.05, 4.69) is 13.8 Å². The zero-order chi connectivity index (χ0) is 3.41. The molecular weight excluding hydrogens is 72.9 g/mol. The molecule has 0 amide bonds. The van der Waals surface area contributed by atoms with Crippen LogP contribution >= 0.6 is 0 Å². The highest BCUT2D eigenvalue weighted by molar-refractivity contribution is 5.75. The van der Waals surface area contributed by atoms with Gasteiger partial charge in [0.2, 0.25) is 0 Å². The van der Waals surface area contributed by atoms with Gasteiger partial charge >= 0.3 is 0 Å². The maximum Gasteiger partial charge on any atom is 0.0814 e. The predicted molar refractivity (Wildman–Crippen MR) is 35.5 cm³/mol. The van der Waals surface area contributed by atoms with E-state index in [9.17, 15) is 0 Å². The first-order valence-electron chi connectivity index (χ1n) is 1.91. The van der Waals surface area contributed by atoms with Gasteiger partial charge in [-0.2, -0.15) is 0 Å². The third-order valence-corrected chi connectivity index (χ3v) is 0.500. The fourth-order valence-electron chi connectivity index (χ4n) is 0. The van der Waals surface area contributed by atoms with Crippen LogP contribution in [0.5, 0.6) is 0 Å². The van der Waals surface area contributed by atoms with Crippen LogP contribution in [0.15, 0.2) is 0 Å². The summed E-state index contributed by atoms with van der Waals surface area (Å²) in [6.07, 6.45) is 2.64. The first-order valence-corrected chi connectivity index (χ1v) is 1.91. The molecule has 1 nitrogen and oxygen atoms in total. The van der Waals surface area contributed by atoms with E-state index >= 15 is 0 Å². The minimum atomic E-state index is 0. The van der Waals surface area contributed by atoms with Crippen LogP contribution in [0.3, 0.4) is 0 Å². The highest BCUT2D eigenvalue weighted by Gasteiger charge is 1.56. The van der Waals surface area contributed by atoms with Crippen LogP contribution in [-0.4, -0.2) is 8.41 Å². The molecule has 40 valence electrons. The number of hydrogen-bond donors (Lipinski definition) is 1. The Morgan fingerprint density at radius 1 is 1.00 bits per heavy atom. The van der Waals surface area contributed by atoms with Gasteiger partial charge in [-0.15, -0.1) is 0 Å². The van der Waals surface area contributed by atoms with Crippen LogP contribution in [0.2, 0.25) is 0 Å². The minimum Gasteiger partial charge on any atom is -0.344 e.